The molecule has 1 fully saturated rings. The molecule has 1 heterocycles. The minimum absolute atomic E-state index is 0.160. The van der Waals surface area contributed by atoms with E-state index < -0.39 is 5.60 Å². The Morgan fingerprint density at radius 3 is 2.81 bits per heavy atom. The zero-order chi connectivity index (χ0) is 11.8. The first-order valence-electron chi connectivity index (χ1n) is 5.86. The summed E-state index contributed by atoms with van der Waals surface area (Å²) in [6, 6.07) is 1.40. The highest BCUT2D eigenvalue weighted by molar-refractivity contribution is 5.21. The van der Waals surface area contributed by atoms with Crippen LogP contribution in [0, 0.1) is 17.7 Å². The van der Waals surface area contributed by atoms with E-state index in [-0.39, 0.29) is 11.7 Å². The van der Waals surface area contributed by atoms with Crippen molar-refractivity contribution < 1.29 is 9.50 Å². The number of nitrogens with zero attached hydrogens (tertiary/aromatic N) is 1. The average Bonchev–Trinajstić information content (AvgIpc) is 2.24. The highest BCUT2D eigenvalue weighted by Gasteiger charge is 2.40. The van der Waals surface area contributed by atoms with Crippen molar-refractivity contribution in [2.75, 3.05) is 0 Å². The van der Waals surface area contributed by atoms with E-state index in [1.807, 2.05) is 6.92 Å². The lowest BCUT2D eigenvalue weighted by Gasteiger charge is -2.41. The average molecular weight is 223 g/mol. The van der Waals surface area contributed by atoms with Crippen molar-refractivity contribution in [2.45, 2.75) is 38.7 Å². The topological polar surface area (TPSA) is 33.1 Å². The smallest absolute Gasteiger partial charge is 0.141 e. The van der Waals surface area contributed by atoms with Crippen molar-refractivity contribution in [3.63, 3.8) is 0 Å². The Morgan fingerprint density at radius 2 is 2.12 bits per heavy atom. The highest BCUT2D eigenvalue weighted by atomic mass is 19.1. The van der Waals surface area contributed by atoms with Crippen LogP contribution in [0.4, 0.5) is 4.39 Å². The third-order valence-corrected chi connectivity index (χ3v) is 3.77. The SMILES string of the molecule is CC1CCC(C)C(O)(c2cncc(F)c2)C1. The molecular weight excluding hydrogens is 205 g/mol. The Balaban J connectivity index is 2.35. The van der Waals surface area contributed by atoms with Crippen molar-refractivity contribution in [3.05, 3.63) is 29.8 Å². The molecule has 0 spiro atoms. The summed E-state index contributed by atoms with van der Waals surface area (Å²) >= 11 is 0. The van der Waals surface area contributed by atoms with Crippen molar-refractivity contribution in [1.29, 1.82) is 0 Å². The Labute approximate surface area is 95.5 Å². The summed E-state index contributed by atoms with van der Waals surface area (Å²) in [5.74, 6) is 0.258. The van der Waals surface area contributed by atoms with Crippen molar-refractivity contribution in [2.24, 2.45) is 11.8 Å². The van der Waals surface area contributed by atoms with Gasteiger partial charge in [-0.25, -0.2) is 4.39 Å². The molecule has 0 radical (unpaired) electrons. The highest BCUT2D eigenvalue weighted by Crippen LogP contribution is 2.43. The first kappa shape index (κ1) is 11.5. The molecule has 1 aliphatic carbocycles. The van der Waals surface area contributed by atoms with Crippen LogP contribution in [0.25, 0.3) is 0 Å². The van der Waals surface area contributed by atoms with E-state index in [1.54, 1.807) is 6.20 Å². The molecule has 1 aromatic rings. The minimum Gasteiger partial charge on any atom is -0.385 e. The summed E-state index contributed by atoms with van der Waals surface area (Å²) in [6.07, 6.45) is 5.56. The quantitative estimate of drug-likeness (QED) is 0.794. The Morgan fingerprint density at radius 1 is 1.38 bits per heavy atom. The molecule has 0 aliphatic heterocycles. The summed E-state index contributed by atoms with van der Waals surface area (Å²) in [4.78, 5) is 3.83. The first-order valence-corrected chi connectivity index (χ1v) is 5.86. The molecule has 1 aromatic heterocycles. The normalized spacial score (nSPS) is 35.0. The zero-order valence-electron chi connectivity index (χ0n) is 9.78. The van der Waals surface area contributed by atoms with E-state index in [2.05, 4.69) is 11.9 Å². The second-order valence-electron chi connectivity index (χ2n) is 5.10. The molecule has 0 aromatic carbocycles. The molecule has 1 aliphatic rings. The predicted octanol–water partition coefficient (Wildman–Crippen LogP) is 2.86. The monoisotopic (exact) mass is 223 g/mol. The van der Waals surface area contributed by atoms with Crippen molar-refractivity contribution >= 4 is 0 Å². The number of rotatable bonds is 1. The van der Waals surface area contributed by atoms with E-state index >= 15 is 0 Å². The summed E-state index contributed by atoms with van der Waals surface area (Å²) in [5.41, 5.74) is -0.293. The molecule has 3 atom stereocenters. The van der Waals surface area contributed by atoms with E-state index in [1.165, 1.54) is 12.3 Å². The van der Waals surface area contributed by atoms with Crippen LogP contribution in [0.5, 0.6) is 0 Å². The summed E-state index contributed by atoms with van der Waals surface area (Å²) in [5, 5.41) is 10.7. The molecule has 1 N–H and O–H groups in total. The maximum atomic E-state index is 13.1. The number of hydrogen-bond acceptors (Lipinski definition) is 2. The Hall–Kier alpha value is -0.960. The van der Waals surface area contributed by atoms with Crippen LogP contribution in [-0.2, 0) is 5.60 Å². The van der Waals surface area contributed by atoms with E-state index in [0.29, 0.717) is 17.9 Å². The largest absolute Gasteiger partial charge is 0.385 e. The second-order valence-corrected chi connectivity index (χ2v) is 5.10. The summed E-state index contributed by atoms with van der Waals surface area (Å²) < 4.78 is 13.1. The number of aromatic nitrogens is 1. The van der Waals surface area contributed by atoms with Gasteiger partial charge in [0.1, 0.15) is 5.82 Å². The molecule has 0 bridgehead atoms. The van der Waals surface area contributed by atoms with E-state index in [4.69, 9.17) is 0 Å². The van der Waals surface area contributed by atoms with Gasteiger partial charge in [0.2, 0.25) is 0 Å². The Kier molecular flexibility index (Phi) is 2.98. The molecule has 2 nitrogen and oxygen atoms in total. The predicted molar refractivity (Wildman–Crippen MR) is 60.3 cm³/mol. The van der Waals surface area contributed by atoms with Crippen molar-refractivity contribution in [1.82, 2.24) is 4.98 Å². The van der Waals surface area contributed by atoms with Gasteiger partial charge < -0.3 is 5.11 Å². The van der Waals surface area contributed by atoms with Crippen LogP contribution in [-0.4, -0.2) is 10.1 Å². The van der Waals surface area contributed by atoms with Gasteiger partial charge in [0.05, 0.1) is 11.8 Å². The second kappa shape index (κ2) is 4.13. The molecule has 2 rings (SSSR count). The Bertz CT molecular complexity index is 382. The standard InChI is InChI=1S/C13H18FNO/c1-9-3-4-10(2)13(16,6-9)11-5-12(14)8-15-7-11/h5,7-10,16H,3-4,6H2,1-2H3. The summed E-state index contributed by atoms with van der Waals surface area (Å²) in [6.45, 7) is 4.15. The van der Waals surface area contributed by atoms with Gasteiger partial charge in [-0.3, -0.25) is 4.98 Å². The lowest BCUT2D eigenvalue weighted by Crippen LogP contribution is -2.39. The fraction of sp³-hybridized carbons (Fsp3) is 0.615. The van der Waals surface area contributed by atoms with Gasteiger partial charge in [0.25, 0.3) is 0 Å². The molecule has 16 heavy (non-hydrogen) atoms. The number of hydrogen-bond donors (Lipinski definition) is 1. The molecule has 0 saturated heterocycles. The maximum Gasteiger partial charge on any atom is 0.141 e. The molecular formula is C13H18FNO. The van der Waals surface area contributed by atoms with Crippen LogP contribution < -0.4 is 0 Å². The maximum absolute atomic E-state index is 13.1. The van der Waals surface area contributed by atoms with Gasteiger partial charge >= 0.3 is 0 Å². The lowest BCUT2D eigenvalue weighted by molar-refractivity contribution is -0.0631. The van der Waals surface area contributed by atoms with Gasteiger partial charge in [-0.2, -0.15) is 0 Å². The first-order chi connectivity index (χ1) is 7.52. The van der Waals surface area contributed by atoms with Crippen molar-refractivity contribution in [3.8, 4) is 0 Å². The summed E-state index contributed by atoms with van der Waals surface area (Å²) in [7, 11) is 0. The van der Waals surface area contributed by atoms with E-state index in [0.717, 1.165) is 12.8 Å². The molecule has 1 saturated carbocycles. The van der Waals surface area contributed by atoms with E-state index in [9.17, 15) is 9.50 Å². The van der Waals surface area contributed by atoms with Gasteiger partial charge in [-0.05, 0) is 30.7 Å². The fourth-order valence-electron chi connectivity index (χ4n) is 2.66. The third-order valence-electron chi connectivity index (χ3n) is 3.77. The van der Waals surface area contributed by atoms with Crippen LogP contribution >= 0.6 is 0 Å². The van der Waals surface area contributed by atoms with Gasteiger partial charge in [0, 0.05) is 11.8 Å². The number of halogens is 1. The zero-order valence-corrected chi connectivity index (χ0v) is 9.78. The van der Waals surface area contributed by atoms with Gasteiger partial charge in [-0.15, -0.1) is 0 Å². The van der Waals surface area contributed by atoms with Gasteiger partial charge in [-0.1, -0.05) is 20.3 Å². The van der Waals surface area contributed by atoms with Crippen LogP contribution in [0.2, 0.25) is 0 Å². The number of aliphatic hydroxyl groups is 1. The van der Waals surface area contributed by atoms with Crippen LogP contribution in [0.15, 0.2) is 18.5 Å². The van der Waals surface area contributed by atoms with Crippen LogP contribution in [0.3, 0.4) is 0 Å². The molecule has 0 amide bonds. The van der Waals surface area contributed by atoms with Crippen LogP contribution in [0.1, 0.15) is 38.7 Å². The molecule has 3 heteroatoms. The molecule has 88 valence electrons. The van der Waals surface area contributed by atoms with Gasteiger partial charge in [0.15, 0.2) is 0 Å². The third kappa shape index (κ3) is 1.96. The number of pyridine rings is 1. The molecule has 3 unspecified atom stereocenters. The minimum atomic E-state index is -0.910. The lowest BCUT2D eigenvalue weighted by atomic mass is 9.69. The fourth-order valence-corrected chi connectivity index (χ4v) is 2.66.